The Labute approximate surface area is 306 Å². The Morgan fingerprint density at radius 2 is 1.56 bits per heavy atom. The van der Waals surface area contributed by atoms with Gasteiger partial charge in [0.2, 0.25) is 11.8 Å². The summed E-state index contributed by atoms with van der Waals surface area (Å²) in [7, 11) is 0. The highest BCUT2D eigenvalue weighted by molar-refractivity contribution is 6.23. The zero-order valence-corrected chi connectivity index (χ0v) is 30.3. The van der Waals surface area contributed by atoms with Crippen LogP contribution in [-0.4, -0.2) is 114 Å². The SMILES string of the molecule is C=C/C=C(\C)O/C(C=C)=C/C=C\C.O=C1CCC(N2C(=O)c3ccc(N4CC(C5CN(C(=O)N6CC(N7CCCCC7)C6)C5)C4)cc3C2=O)C(=O)N1. The fourth-order valence-electron chi connectivity index (χ4n) is 7.69. The summed E-state index contributed by atoms with van der Waals surface area (Å²) in [5, 5.41) is 2.23. The molecule has 1 aromatic carbocycles. The zero-order chi connectivity index (χ0) is 36.9. The quantitative estimate of drug-likeness (QED) is 0.226. The second-order valence-corrected chi connectivity index (χ2v) is 14.4. The minimum Gasteiger partial charge on any atom is -0.462 e. The van der Waals surface area contributed by atoms with Crippen molar-refractivity contribution in [2.45, 2.75) is 58.0 Å². The monoisotopic (exact) mass is 710 g/mol. The molecule has 0 aliphatic carbocycles. The fraction of sp³-hybridized carbons (Fsp3) is 0.475. The van der Waals surface area contributed by atoms with Crippen molar-refractivity contribution in [2.75, 3.05) is 57.3 Å². The normalized spacial score (nSPS) is 23.4. The minimum absolute atomic E-state index is 0.103. The maximum Gasteiger partial charge on any atom is 0.320 e. The predicted molar refractivity (Wildman–Crippen MR) is 198 cm³/mol. The summed E-state index contributed by atoms with van der Waals surface area (Å²) in [6.45, 7) is 18.4. The van der Waals surface area contributed by atoms with Gasteiger partial charge in [-0.2, -0.15) is 0 Å². The number of urea groups is 1. The fourth-order valence-corrected chi connectivity index (χ4v) is 7.69. The standard InChI is InChI=1S/C28H34N6O5.C12H16O/c35-24-7-6-23(25(36)29-24)34-26(37)21-5-4-19(10-22(21)27(34)38)31-11-17(12-31)18-13-32(14-18)28(39)33-15-20(16-33)30-8-2-1-3-9-30;1-5-8-10-12(7-3)13-11(4)9-6-2/h4-5,10,17-18,20,23H,1-3,6-9,11-16H2,(H,29,35,36);5-10H,2-3H2,1,4H3/b;8-5-,11-9+,12-10+. The number of carbonyl (C=O) groups excluding carboxylic acids is 5. The van der Waals surface area contributed by atoms with E-state index in [1.165, 1.54) is 32.4 Å². The number of amides is 6. The Balaban J connectivity index is 0.000000307. The summed E-state index contributed by atoms with van der Waals surface area (Å²) in [5.74, 6) is 0.562. The van der Waals surface area contributed by atoms with Crippen LogP contribution < -0.4 is 10.2 Å². The molecular formula is C40H50N6O6. The number of carbonyl (C=O) groups is 5. The third-order valence-electron chi connectivity index (χ3n) is 10.9. The van der Waals surface area contributed by atoms with Crippen LogP contribution in [-0.2, 0) is 14.3 Å². The van der Waals surface area contributed by atoms with Gasteiger partial charge >= 0.3 is 6.03 Å². The summed E-state index contributed by atoms with van der Waals surface area (Å²) in [6.07, 6.45) is 15.0. The van der Waals surface area contributed by atoms with Crippen molar-refractivity contribution >= 4 is 35.3 Å². The van der Waals surface area contributed by atoms with Crippen LogP contribution in [0.5, 0.6) is 0 Å². The number of ether oxygens (including phenoxy) is 1. The van der Waals surface area contributed by atoms with Crippen LogP contribution in [0, 0.1) is 11.8 Å². The van der Waals surface area contributed by atoms with Crippen molar-refractivity contribution in [3.63, 3.8) is 0 Å². The number of hydrogen-bond acceptors (Lipinski definition) is 8. The van der Waals surface area contributed by atoms with Gasteiger partial charge in [0.1, 0.15) is 17.6 Å². The van der Waals surface area contributed by atoms with Crippen molar-refractivity contribution in [3.05, 3.63) is 90.5 Å². The predicted octanol–water partition coefficient (Wildman–Crippen LogP) is 4.48. The minimum atomic E-state index is -0.955. The van der Waals surface area contributed by atoms with Crippen molar-refractivity contribution in [1.29, 1.82) is 0 Å². The summed E-state index contributed by atoms with van der Waals surface area (Å²) in [6, 6.07) is 5.03. The van der Waals surface area contributed by atoms with E-state index in [9.17, 15) is 24.0 Å². The Hall–Kier alpha value is -4.97. The first-order valence-electron chi connectivity index (χ1n) is 18.4. The molecule has 1 unspecified atom stereocenters. The molecule has 1 aromatic rings. The maximum atomic E-state index is 13.1. The third kappa shape index (κ3) is 7.77. The number of rotatable bonds is 9. The van der Waals surface area contributed by atoms with Crippen molar-refractivity contribution < 1.29 is 28.7 Å². The second-order valence-electron chi connectivity index (χ2n) is 14.4. The molecule has 52 heavy (non-hydrogen) atoms. The molecule has 0 bridgehead atoms. The lowest BCUT2D eigenvalue weighted by atomic mass is 9.80. The van der Waals surface area contributed by atoms with Crippen LogP contribution in [0.4, 0.5) is 10.5 Å². The molecule has 5 saturated heterocycles. The molecule has 5 fully saturated rings. The molecule has 0 saturated carbocycles. The highest BCUT2D eigenvalue weighted by Gasteiger charge is 2.47. The first-order chi connectivity index (χ1) is 25.1. The lowest BCUT2D eigenvalue weighted by Gasteiger charge is -2.54. The van der Waals surface area contributed by atoms with Gasteiger partial charge in [0, 0.05) is 69.3 Å². The molecule has 7 rings (SSSR count). The summed E-state index contributed by atoms with van der Waals surface area (Å²) in [4.78, 5) is 72.4. The molecule has 12 heteroatoms. The average Bonchev–Trinajstić information content (AvgIpc) is 3.32. The molecule has 1 atom stereocenters. The molecule has 276 valence electrons. The van der Waals surface area contributed by atoms with Gasteiger partial charge in [-0.25, -0.2) is 4.79 Å². The lowest BCUT2D eigenvalue weighted by Crippen LogP contribution is -2.68. The van der Waals surface area contributed by atoms with Crippen LogP contribution in [0.3, 0.4) is 0 Å². The Kier molecular flexibility index (Phi) is 11.4. The van der Waals surface area contributed by atoms with Gasteiger partial charge in [0.05, 0.1) is 11.1 Å². The molecule has 0 spiro atoms. The molecule has 0 radical (unpaired) electrons. The molecular weight excluding hydrogens is 660 g/mol. The first kappa shape index (κ1) is 36.8. The maximum absolute atomic E-state index is 13.1. The van der Waals surface area contributed by atoms with E-state index in [0.29, 0.717) is 29.0 Å². The van der Waals surface area contributed by atoms with E-state index in [1.807, 2.05) is 47.9 Å². The number of nitrogens with zero attached hydrogens (tertiary/aromatic N) is 5. The average molecular weight is 711 g/mol. The largest absolute Gasteiger partial charge is 0.462 e. The van der Waals surface area contributed by atoms with Gasteiger partial charge < -0.3 is 19.4 Å². The van der Waals surface area contributed by atoms with E-state index in [-0.39, 0.29) is 24.8 Å². The Bertz CT molecular complexity index is 1690. The molecule has 6 aliphatic heterocycles. The zero-order valence-electron chi connectivity index (χ0n) is 30.3. The number of allylic oxidation sites excluding steroid dienone is 7. The molecule has 12 nitrogen and oxygen atoms in total. The third-order valence-corrected chi connectivity index (χ3v) is 10.9. The number of hydrogen-bond donors (Lipinski definition) is 1. The number of anilines is 1. The highest BCUT2D eigenvalue weighted by Crippen LogP contribution is 2.37. The molecule has 0 aromatic heterocycles. The van der Waals surface area contributed by atoms with E-state index in [4.69, 9.17) is 4.74 Å². The summed E-state index contributed by atoms with van der Waals surface area (Å²) < 4.78 is 5.42. The molecule has 6 aliphatic rings. The number of fused-ring (bicyclic) bond motifs is 1. The summed E-state index contributed by atoms with van der Waals surface area (Å²) in [5.41, 5.74) is 1.49. The number of piperidine rings is 2. The van der Waals surface area contributed by atoms with E-state index < -0.39 is 23.8 Å². The van der Waals surface area contributed by atoms with E-state index in [1.54, 1.807) is 30.4 Å². The highest BCUT2D eigenvalue weighted by atomic mass is 16.5. The van der Waals surface area contributed by atoms with Crippen LogP contribution >= 0.6 is 0 Å². The molecule has 6 amide bonds. The second kappa shape index (κ2) is 16.1. The number of nitrogens with one attached hydrogen (secondary N) is 1. The summed E-state index contributed by atoms with van der Waals surface area (Å²) >= 11 is 0. The van der Waals surface area contributed by atoms with E-state index in [2.05, 4.69) is 28.3 Å². The van der Waals surface area contributed by atoms with Gasteiger partial charge in [-0.3, -0.25) is 34.3 Å². The van der Waals surface area contributed by atoms with Gasteiger partial charge in [-0.1, -0.05) is 37.8 Å². The van der Waals surface area contributed by atoms with Crippen molar-refractivity contribution in [3.8, 4) is 0 Å². The number of imide groups is 2. The topological polar surface area (TPSA) is 123 Å². The lowest BCUT2D eigenvalue weighted by molar-refractivity contribution is -0.136. The van der Waals surface area contributed by atoms with Gasteiger partial charge in [0.25, 0.3) is 11.8 Å². The van der Waals surface area contributed by atoms with E-state index in [0.717, 1.165) is 61.4 Å². The van der Waals surface area contributed by atoms with Crippen LogP contribution in [0.1, 0.15) is 66.7 Å². The Morgan fingerprint density at radius 1 is 0.885 bits per heavy atom. The van der Waals surface area contributed by atoms with Crippen LogP contribution in [0.2, 0.25) is 0 Å². The van der Waals surface area contributed by atoms with Crippen molar-refractivity contribution in [2.24, 2.45) is 11.8 Å². The Morgan fingerprint density at radius 3 is 2.21 bits per heavy atom. The van der Waals surface area contributed by atoms with E-state index >= 15 is 0 Å². The van der Waals surface area contributed by atoms with Crippen LogP contribution in [0.25, 0.3) is 0 Å². The van der Waals surface area contributed by atoms with Gasteiger partial charge in [0.15, 0.2) is 0 Å². The van der Waals surface area contributed by atoms with Crippen LogP contribution in [0.15, 0.2) is 79.3 Å². The van der Waals surface area contributed by atoms with Gasteiger partial charge in [-0.05, 0) is 82.6 Å². The number of likely N-dealkylation sites (tertiary alicyclic amines) is 3. The van der Waals surface area contributed by atoms with Gasteiger partial charge in [-0.15, -0.1) is 0 Å². The van der Waals surface area contributed by atoms with Crippen molar-refractivity contribution in [1.82, 2.24) is 24.9 Å². The molecule has 1 N–H and O–H groups in total. The molecule has 6 heterocycles. The smallest absolute Gasteiger partial charge is 0.320 e. The number of benzene rings is 1. The first-order valence-corrected chi connectivity index (χ1v) is 18.4.